The number of hydrogen-bond acceptors (Lipinski definition) is 7. The van der Waals surface area contributed by atoms with Crippen molar-refractivity contribution in [3.8, 4) is 5.75 Å². The smallest absolute Gasteiger partial charge is 0.416 e. The van der Waals surface area contributed by atoms with Crippen LogP contribution in [0.15, 0.2) is 88.7 Å². The lowest BCUT2D eigenvalue weighted by atomic mass is 9.83. The molecule has 2 unspecified atom stereocenters. The number of halogens is 3. The van der Waals surface area contributed by atoms with Gasteiger partial charge in [0.05, 0.1) is 29.3 Å². The van der Waals surface area contributed by atoms with Crippen LogP contribution >= 0.6 is 23.1 Å². The number of alkyl halides is 3. The van der Waals surface area contributed by atoms with Crippen molar-refractivity contribution in [1.29, 1.82) is 0 Å². The molecule has 4 aromatic rings. The first-order valence-corrected chi connectivity index (χ1v) is 14.7. The van der Waals surface area contributed by atoms with Crippen LogP contribution in [0.4, 0.5) is 24.5 Å². The fourth-order valence-electron chi connectivity index (χ4n) is 5.37. The van der Waals surface area contributed by atoms with E-state index in [0.717, 1.165) is 46.2 Å². The van der Waals surface area contributed by atoms with Crippen molar-refractivity contribution in [2.24, 2.45) is 5.92 Å². The fourth-order valence-corrected chi connectivity index (χ4v) is 8.14. The molecule has 13 heteroatoms. The van der Waals surface area contributed by atoms with Gasteiger partial charge in [0.2, 0.25) is 17.7 Å². The third kappa shape index (κ3) is 5.23. The molecule has 1 aromatic heterocycles. The number of fused-ring (bicyclic) bond motifs is 2. The van der Waals surface area contributed by atoms with Gasteiger partial charge in [-0.3, -0.25) is 23.7 Å². The molecule has 8 nitrogen and oxygen atoms in total. The number of hydrogen-bond donors (Lipinski definition) is 1. The molecule has 1 saturated heterocycles. The van der Waals surface area contributed by atoms with Crippen molar-refractivity contribution >= 4 is 52.2 Å². The Bertz CT molecular complexity index is 1790. The molecule has 6 rings (SSSR count). The Morgan fingerprint density at radius 2 is 1.67 bits per heavy atom. The van der Waals surface area contributed by atoms with E-state index in [1.54, 1.807) is 54.6 Å². The molecule has 3 aromatic carbocycles. The van der Waals surface area contributed by atoms with Crippen molar-refractivity contribution in [1.82, 2.24) is 4.57 Å². The number of carbonyl (C=O) groups excluding carboxylic acids is 3. The highest BCUT2D eigenvalue weighted by Crippen LogP contribution is 2.54. The lowest BCUT2D eigenvalue weighted by molar-refractivity contribution is -0.137. The van der Waals surface area contributed by atoms with E-state index in [-0.39, 0.29) is 12.2 Å². The average Bonchev–Trinajstić information content (AvgIpc) is 3.43. The lowest BCUT2D eigenvalue weighted by Crippen LogP contribution is -2.33. The van der Waals surface area contributed by atoms with Crippen LogP contribution in [0, 0.1) is 5.92 Å². The first-order chi connectivity index (χ1) is 20.6. The monoisotopic (exact) mass is 625 g/mol. The van der Waals surface area contributed by atoms with Gasteiger partial charge in [0, 0.05) is 16.5 Å². The largest absolute Gasteiger partial charge is 0.497 e. The maximum absolute atomic E-state index is 13.9. The van der Waals surface area contributed by atoms with Gasteiger partial charge in [-0.2, -0.15) is 13.2 Å². The highest BCUT2D eigenvalue weighted by atomic mass is 32.2. The summed E-state index contributed by atoms with van der Waals surface area (Å²) in [7, 11) is 1.50. The molecule has 3 atom stereocenters. The van der Waals surface area contributed by atoms with Gasteiger partial charge in [-0.1, -0.05) is 59.5 Å². The van der Waals surface area contributed by atoms with E-state index in [1.807, 2.05) is 0 Å². The van der Waals surface area contributed by atoms with E-state index in [2.05, 4.69) is 5.32 Å². The second kappa shape index (κ2) is 11.0. The number of rotatable bonds is 6. The van der Waals surface area contributed by atoms with Crippen LogP contribution in [0.3, 0.4) is 0 Å². The molecule has 1 N–H and O–H groups in total. The quantitative estimate of drug-likeness (QED) is 0.290. The van der Waals surface area contributed by atoms with Crippen molar-refractivity contribution in [2.45, 2.75) is 28.9 Å². The third-order valence-electron chi connectivity index (χ3n) is 7.32. The SMILES string of the molecule is COc1ccc([C@@H]2c3sc(=O)n(CC(=O)Nc4ccccc4)c3SC3C(=O)N(c4cccc(C(F)(F)F)c4)C(=O)C32)cc1. The van der Waals surface area contributed by atoms with Gasteiger partial charge in [0.25, 0.3) is 0 Å². The molecule has 0 saturated carbocycles. The predicted molar refractivity (Wildman–Crippen MR) is 156 cm³/mol. The summed E-state index contributed by atoms with van der Waals surface area (Å²) in [6.45, 7) is -0.335. The number of thiazole rings is 1. The Morgan fingerprint density at radius 1 is 0.953 bits per heavy atom. The second-order valence-corrected chi connectivity index (χ2v) is 12.0. The molecule has 0 aliphatic carbocycles. The minimum Gasteiger partial charge on any atom is -0.497 e. The molecule has 1 fully saturated rings. The predicted octanol–water partition coefficient (Wildman–Crippen LogP) is 5.37. The summed E-state index contributed by atoms with van der Waals surface area (Å²) < 4.78 is 47.0. The first kappa shape index (κ1) is 28.7. The Morgan fingerprint density at radius 3 is 2.35 bits per heavy atom. The Balaban J connectivity index is 1.42. The van der Waals surface area contributed by atoms with Crippen LogP contribution in [0.2, 0.25) is 0 Å². The number of thioether (sulfide) groups is 1. The summed E-state index contributed by atoms with van der Waals surface area (Å²) in [6.07, 6.45) is -4.67. The fraction of sp³-hybridized carbons (Fsp3) is 0.200. The molecule has 3 heterocycles. The Hall–Kier alpha value is -4.36. The maximum atomic E-state index is 13.9. The van der Waals surface area contributed by atoms with Crippen molar-refractivity contribution in [2.75, 3.05) is 17.3 Å². The standard InChI is InChI=1S/C30H22F3N3O5S2/c1-41-20-12-10-16(11-13-20)22-23-24(27(39)36(26(23)38)19-9-5-6-17(14-19)30(31,32)33)42-28-25(22)43-29(40)35(28)15-21(37)34-18-7-3-2-4-8-18/h2-14,22-24H,15H2,1H3,(H,34,37)/t22-,23?,24?/m0/s1. The molecule has 3 amide bonds. The van der Waals surface area contributed by atoms with Gasteiger partial charge < -0.3 is 10.1 Å². The van der Waals surface area contributed by atoms with Gasteiger partial charge in [-0.15, -0.1) is 0 Å². The summed E-state index contributed by atoms with van der Waals surface area (Å²) in [5.41, 5.74) is -0.0122. The van der Waals surface area contributed by atoms with E-state index in [9.17, 15) is 32.3 Å². The summed E-state index contributed by atoms with van der Waals surface area (Å²) in [4.78, 5) is 54.8. The van der Waals surface area contributed by atoms with Gasteiger partial charge in [-0.25, -0.2) is 4.90 Å². The molecule has 0 spiro atoms. The van der Waals surface area contributed by atoms with Crippen LogP contribution in [-0.4, -0.2) is 34.6 Å². The third-order valence-corrected chi connectivity index (χ3v) is 9.92. The van der Waals surface area contributed by atoms with E-state index in [0.29, 0.717) is 26.9 Å². The van der Waals surface area contributed by atoms with Gasteiger partial charge >= 0.3 is 11.0 Å². The zero-order valence-corrected chi connectivity index (χ0v) is 24.0. The summed E-state index contributed by atoms with van der Waals surface area (Å²) >= 11 is 1.86. The summed E-state index contributed by atoms with van der Waals surface area (Å²) in [5.74, 6) is -3.04. The zero-order chi connectivity index (χ0) is 30.5. The van der Waals surface area contributed by atoms with Gasteiger partial charge in [-0.05, 0) is 48.0 Å². The van der Waals surface area contributed by atoms with Crippen molar-refractivity contribution in [3.63, 3.8) is 0 Å². The number of nitrogens with one attached hydrogen (secondary N) is 1. The molecule has 2 aliphatic heterocycles. The van der Waals surface area contributed by atoms with Gasteiger partial charge in [0.15, 0.2) is 0 Å². The number of aromatic nitrogens is 1. The second-order valence-electron chi connectivity index (χ2n) is 9.91. The summed E-state index contributed by atoms with van der Waals surface area (Å²) in [5, 5.41) is 2.06. The number of imide groups is 1. The first-order valence-electron chi connectivity index (χ1n) is 13.0. The normalized spacial score (nSPS) is 19.6. The molecule has 43 heavy (non-hydrogen) atoms. The van der Waals surface area contributed by atoms with Crippen LogP contribution in [-0.2, 0) is 27.1 Å². The maximum Gasteiger partial charge on any atom is 0.416 e. The number of anilines is 2. The molecule has 2 aliphatic rings. The average molecular weight is 626 g/mol. The van der Waals surface area contributed by atoms with E-state index in [4.69, 9.17) is 4.74 Å². The van der Waals surface area contributed by atoms with Crippen LogP contribution in [0.25, 0.3) is 0 Å². The number of nitrogens with zero attached hydrogens (tertiary/aromatic N) is 2. The van der Waals surface area contributed by atoms with Gasteiger partial charge in [0.1, 0.15) is 17.5 Å². The summed E-state index contributed by atoms with van der Waals surface area (Å²) in [6, 6.07) is 19.6. The van der Waals surface area contributed by atoms with Crippen molar-refractivity contribution in [3.05, 3.63) is 105 Å². The molecule has 220 valence electrons. The number of carbonyl (C=O) groups is 3. The van der Waals surface area contributed by atoms with E-state index >= 15 is 0 Å². The number of benzene rings is 3. The number of amides is 3. The number of methoxy groups -OCH3 is 1. The topological polar surface area (TPSA) is 97.7 Å². The van der Waals surface area contributed by atoms with Crippen LogP contribution < -0.4 is 19.8 Å². The number of ether oxygens (including phenoxy) is 1. The molecular formula is C30H22F3N3O5S2. The number of para-hydroxylation sites is 1. The minimum atomic E-state index is -4.67. The van der Waals surface area contributed by atoms with E-state index in [1.165, 1.54) is 17.7 Å². The van der Waals surface area contributed by atoms with Crippen molar-refractivity contribution < 1.29 is 32.3 Å². The molecule has 0 radical (unpaired) electrons. The zero-order valence-electron chi connectivity index (χ0n) is 22.3. The minimum absolute atomic E-state index is 0.184. The molecule has 0 bridgehead atoms. The molecular weight excluding hydrogens is 603 g/mol. The van der Waals surface area contributed by atoms with E-state index < -0.39 is 51.4 Å². The van der Waals surface area contributed by atoms with Crippen LogP contribution in [0.5, 0.6) is 5.75 Å². The Labute approximate surface area is 251 Å². The lowest BCUT2D eigenvalue weighted by Gasteiger charge is -2.30. The Kier molecular flexibility index (Phi) is 7.38. The highest BCUT2D eigenvalue weighted by Gasteiger charge is 2.57. The van der Waals surface area contributed by atoms with Crippen LogP contribution in [0.1, 0.15) is 21.9 Å². The highest BCUT2D eigenvalue weighted by molar-refractivity contribution is 8.00.